The van der Waals surface area contributed by atoms with Gasteiger partial charge in [0, 0.05) is 50.2 Å². The van der Waals surface area contributed by atoms with E-state index in [1.165, 1.54) is 63.3 Å². The van der Waals surface area contributed by atoms with E-state index < -0.39 is 23.7 Å². The highest BCUT2D eigenvalue weighted by Crippen LogP contribution is 2.34. The summed E-state index contributed by atoms with van der Waals surface area (Å²) < 4.78 is 64.1. The van der Waals surface area contributed by atoms with Crippen LogP contribution in [0.2, 0.25) is 5.02 Å². The number of halogens is 5. The number of tetrazole rings is 1. The van der Waals surface area contributed by atoms with Crippen LogP contribution >= 0.6 is 11.6 Å². The second-order valence-electron chi connectivity index (χ2n) is 10.9. The number of alkyl halides is 3. The predicted octanol–water partition coefficient (Wildman–Crippen LogP) is 4.51. The summed E-state index contributed by atoms with van der Waals surface area (Å²) in [4.78, 5) is 18.3. The van der Waals surface area contributed by atoms with Crippen molar-refractivity contribution in [3.63, 3.8) is 0 Å². The number of likely N-dealkylation sites (N-methyl/N-ethyl adjacent to an activating group) is 1. The number of benzene rings is 1. The lowest BCUT2D eigenvalue weighted by Crippen LogP contribution is -2.43. The lowest BCUT2D eigenvalue weighted by Gasteiger charge is -2.29. The Morgan fingerprint density at radius 2 is 1.96 bits per heavy atom. The van der Waals surface area contributed by atoms with Gasteiger partial charge in [0.1, 0.15) is 12.0 Å². The van der Waals surface area contributed by atoms with E-state index in [0.717, 1.165) is 18.5 Å². The SMILES string of the molecule is CN(CC(c1ccc(-c2c(-n3cnnn3)ccc(Cl)c2F)c[n+]1[O-])n1cc(-c2ccnc(C(F)(F)F)c2)cn1)C(=O)C1CCOCC1. The van der Waals surface area contributed by atoms with Crippen LogP contribution in [0.3, 0.4) is 0 Å². The summed E-state index contributed by atoms with van der Waals surface area (Å²) in [6, 6.07) is 7.26. The van der Waals surface area contributed by atoms with Crippen LogP contribution in [0, 0.1) is 16.9 Å². The highest BCUT2D eigenvalue weighted by molar-refractivity contribution is 6.31. The van der Waals surface area contributed by atoms with Gasteiger partial charge in [-0.3, -0.25) is 14.5 Å². The number of hydrogen-bond donors (Lipinski definition) is 0. The van der Waals surface area contributed by atoms with E-state index in [1.54, 1.807) is 7.05 Å². The average Bonchev–Trinajstić information content (AvgIpc) is 3.78. The van der Waals surface area contributed by atoms with Gasteiger partial charge in [0.15, 0.2) is 18.1 Å². The molecular formula is C30H26ClF4N9O3. The first-order chi connectivity index (χ1) is 22.5. The van der Waals surface area contributed by atoms with Crippen molar-refractivity contribution in [3.8, 4) is 27.9 Å². The van der Waals surface area contributed by atoms with Gasteiger partial charge in [-0.05, 0) is 59.2 Å². The average molecular weight is 672 g/mol. The van der Waals surface area contributed by atoms with Gasteiger partial charge < -0.3 is 14.8 Å². The highest BCUT2D eigenvalue weighted by Gasteiger charge is 2.34. The summed E-state index contributed by atoms with van der Waals surface area (Å²) in [5, 5.41) is 28.9. The molecule has 6 rings (SSSR count). The molecular weight excluding hydrogens is 646 g/mol. The van der Waals surface area contributed by atoms with Crippen LogP contribution < -0.4 is 4.73 Å². The van der Waals surface area contributed by atoms with Gasteiger partial charge in [0.2, 0.25) is 11.6 Å². The van der Waals surface area contributed by atoms with Crippen LogP contribution in [-0.4, -0.2) is 72.6 Å². The van der Waals surface area contributed by atoms with Crippen LogP contribution in [0.25, 0.3) is 27.9 Å². The van der Waals surface area contributed by atoms with Gasteiger partial charge in [-0.2, -0.15) is 27.7 Å². The number of nitrogens with zero attached hydrogens (tertiary/aromatic N) is 9. The molecule has 0 radical (unpaired) electrons. The maximum Gasteiger partial charge on any atom is 0.433 e. The third-order valence-corrected chi connectivity index (χ3v) is 8.23. The Labute approximate surface area is 269 Å². The Balaban J connectivity index is 1.39. The molecule has 1 aliphatic heterocycles. The van der Waals surface area contributed by atoms with Gasteiger partial charge in [0.05, 0.1) is 34.6 Å². The fourth-order valence-electron chi connectivity index (χ4n) is 5.52. The second-order valence-corrected chi connectivity index (χ2v) is 11.3. The normalized spacial score (nSPS) is 14.7. The summed E-state index contributed by atoms with van der Waals surface area (Å²) in [5.41, 5.74) is -0.0183. The third-order valence-electron chi connectivity index (χ3n) is 7.94. The largest absolute Gasteiger partial charge is 0.618 e. The first-order valence-electron chi connectivity index (χ1n) is 14.4. The molecule has 0 bridgehead atoms. The number of rotatable bonds is 8. The minimum absolute atomic E-state index is 0.00948. The maximum absolute atomic E-state index is 15.4. The van der Waals surface area contributed by atoms with Crippen molar-refractivity contribution in [2.75, 3.05) is 26.8 Å². The van der Waals surface area contributed by atoms with Gasteiger partial charge in [-0.1, -0.05) is 11.6 Å². The molecule has 1 unspecified atom stereocenters. The number of hydrogen-bond acceptors (Lipinski definition) is 8. The lowest BCUT2D eigenvalue weighted by atomic mass is 9.98. The minimum Gasteiger partial charge on any atom is -0.618 e. The monoisotopic (exact) mass is 671 g/mol. The molecule has 1 aliphatic rings. The van der Waals surface area contributed by atoms with Crippen LogP contribution in [0.5, 0.6) is 0 Å². The molecule has 0 spiro atoms. The van der Waals surface area contributed by atoms with Crippen molar-refractivity contribution in [2.45, 2.75) is 25.1 Å². The second kappa shape index (κ2) is 13.0. The lowest BCUT2D eigenvalue weighted by molar-refractivity contribution is -0.615. The third kappa shape index (κ3) is 6.64. The Morgan fingerprint density at radius 1 is 1.17 bits per heavy atom. The summed E-state index contributed by atoms with van der Waals surface area (Å²) in [7, 11) is 1.61. The molecule has 1 atom stereocenters. The zero-order valence-corrected chi connectivity index (χ0v) is 25.4. The van der Waals surface area contributed by atoms with Gasteiger partial charge in [-0.15, -0.1) is 5.10 Å². The van der Waals surface area contributed by atoms with E-state index in [4.69, 9.17) is 16.3 Å². The number of aromatic nitrogens is 8. The van der Waals surface area contributed by atoms with E-state index in [1.807, 2.05) is 0 Å². The minimum atomic E-state index is -4.65. The summed E-state index contributed by atoms with van der Waals surface area (Å²) in [6.07, 6.45) is 2.79. The van der Waals surface area contributed by atoms with Gasteiger partial charge in [-0.25, -0.2) is 4.39 Å². The van der Waals surface area contributed by atoms with Crippen molar-refractivity contribution in [2.24, 2.45) is 5.92 Å². The summed E-state index contributed by atoms with van der Waals surface area (Å²) >= 11 is 6.09. The Morgan fingerprint density at radius 3 is 2.66 bits per heavy atom. The smallest absolute Gasteiger partial charge is 0.433 e. The van der Waals surface area contributed by atoms with Crippen molar-refractivity contribution in [1.82, 2.24) is 39.9 Å². The van der Waals surface area contributed by atoms with Crippen molar-refractivity contribution >= 4 is 17.5 Å². The maximum atomic E-state index is 15.4. The van der Waals surface area contributed by atoms with Crippen LogP contribution in [-0.2, 0) is 15.7 Å². The van der Waals surface area contributed by atoms with Gasteiger partial charge in [0.25, 0.3) is 0 Å². The number of carbonyl (C=O) groups is 1. The standard InChI is InChI=1S/C30H26ClF4N9O3/c1-41(29(45)18-7-10-47-11-8-18)16-25(42-14-21(13-38-42)19-6-9-36-26(12-19)30(33,34)35)23-4-2-20(15-44(23)46)27-24(43-17-37-39-40-43)5-3-22(31)28(27)32/h2-6,9,12-15,17-18,25H,7-8,10-11,16H2,1H3. The molecule has 1 amide bonds. The fourth-order valence-corrected chi connectivity index (χ4v) is 5.67. The first kappa shape index (κ1) is 32.0. The molecule has 4 aromatic heterocycles. The molecule has 1 fully saturated rings. The number of ether oxygens (including phenoxy) is 1. The predicted molar refractivity (Wildman–Crippen MR) is 158 cm³/mol. The number of carbonyl (C=O) groups excluding carboxylic acids is 1. The van der Waals surface area contributed by atoms with E-state index in [0.29, 0.717) is 36.3 Å². The molecule has 5 aromatic rings. The molecule has 1 aromatic carbocycles. The zero-order valence-electron chi connectivity index (χ0n) is 24.7. The Hall–Kier alpha value is -4.96. The fraction of sp³-hybridized carbons (Fsp3) is 0.300. The zero-order chi connectivity index (χ0) is 33.3. The van der Waals surface area contributed by atoms with Crippen molar-refractivity contribution in [3.05, 3.63) is 94.9 Å². The first-order valence-corrected chi connectivity index (χ1v) is 14.7. The van der Waals surface area contributed by atoms with E-state index in [2.05, 4.69) is 25.6 Å². The molecule has 47 heavy (non-hydrogen) atoms. The van der Waals surface area contributed by atoms with Gasteiger partial charge >= 0.3 is 6.18 Å². The topological polar surface area (TPSA) is 131 Å². The van der Waals surface area contributed by atoms with Crippen LogP contribution in [0.15, 0.2) is 67.5 Å². The van der Waals surface area contributed by atoms with Crippen molar-refractivity contribution < 1.29 is 31.8 Å². The Bertz CT molecular complexity index is 1900. The number of amides is 1. The summed E-state index contributed by atoms with van der Waals surface area (Å²) in [6.45, 7) is 0.901. The molecule has 244 valence electrons. The number of pyridine rings is 2. The van der Waals surface area contributed by atoms with Crippen LogP contribution in [0.1, 0.15) is 30.3 Å². The van der Waals surface area contributed by atoms with Crippen molar-refractivity contribution in [1.29, 1.82) is 0 Å². The van der Waals surface area contributed by atoms with E-state index in [9.17, 15) is 23.2 Å². The molecule has 0 N–H and O–H groups in total. The molecule has 0 aliphatic carbocycles. The quantitative estimate of drug-likeness (QED) is 0.134. The van der Waals surface area contributed by atoms with E-state index >= 15 is 4.39 Å². The molecule has 17 heteroatoms. The van der Waals surface area contributed by atoms with E-state index in [-0.39, 0.29) is 51.5 Å². The molecule has 1 saturated heterocycles. The van der Waals surface area contributed by atoms with Crippen LogP contribution in [0.4, 0.5) is 17.6 Å². The Kier molecular flexibility index (Phi) is 8.88. The molecule has 12 nitrogen and oxygen atoms in total. The molecule has 0 saturated carbocycles. The summed E-state index contributed by atoms with van der Waals surface area (Å²) in [5.74, 6) is -1.20. The highest BCUT2D eigenvalue weighted by atomic mass is 35.5. The molecule has 5 heterocycles.